The smallest absolute Gasteiger partial charge is 0.210 e. The van der Waals surface area contributed by atoms with E-state index in [1.807, 2.05) is 5.38 Å². The number of hydrogen-bond acceptors (Lipinski definition) is 6. The van der Waals surface area contributed by atoms with Crippen LogP contribution in [0.1, 0.15) is 0 Å². The van der Waals surface area contributed by atoms with Gasteiger partial charge in [-0.3, -0.25) is 5.32 Å². The van der Waals surface area contributed by atoms with Crippen molar-refractivity contribution in [3.05, 3.63) is 11.6 Å². The predicted molar refractivity (Wildman–Crippen MR) is 93.8 cm³/mol. The van der Waals surface area contributed by atoms with E-state index in [0.717, 1.165) is 17.4 Å². The summed E-state index contributed by atoms with van der Waals surface area (Å²) in [7, 11) is 0. The van der Waals surface area contributed by atoms with Crippen LogP contribution in [0.3, 0.4) is 0 Å². The highest BCUT2D eigenvalue weighted by molar-refractivity contribution is 8.12. The molecule has 1 fully saturated rings. The molecule has 4 nitrogen and oxygen atoms in total. The fourth-order valence-corrected chi connectivity index (χ4v) is 4.15. The molecule has 10 heteroatoms. The molecule has 2 heterocycles. The van der Waals surface area contributed by atoms with E-state index in [2.05, 4.69) is 35.6 Å². The summed E-state index contributed by atoms with van der Waals surface area (Å²) >= 11 is 22.1. The van der Waals surface area contributed by atoms with Crippen molar-refractivity contribution in [2.24, 2.45) is 0 Å². The van der Waals surface area contributed by atoms with Gasteiger partial charge in [0.05, 0.1) is 0 Å². The van der Waals surface area contributed by atoms with Gasteiger partial charge < -0.3 is 0 Å². The number of thiazole rings is 1. The first kappa shape index (κ1) is 14.8. The van der Waals surface area contributed by atoms with Crippen LogP contribution in [-0.2, 0) is 0 Å². The van der Waals surface area contributed by atoms with E-state index in [1.165, 1.54) is 11.3 Å². The molecule has 18 heavy (non-hydrogen) atoms. The van der Waals surface area contributed by atoms with E-state index in [1.54, 1.807) is 28.0 Å². The summed E-state index contributed by atoms with van der Waals surface area (Å²) in [6.45, 7) is 0.924. The summed E-state index contributed by atoms with van der Waals surface area (Å²) in [5, 5.41) is 9.43. The molecule has 1 unspecified atom stereocenters. The number of thiocarbonyl (C=S) groups is 2. The van der Waals surface area contributed by atoms with Gasteiger partial charge in [-0.05, 0) is 0 Å². The zero-order valence-corrected chi connectivity index (χ0v) is 14.1. The van der Waals surface area contributed by atoms with E-state index >= 15 is 0 Å². The summed E-state index contributed by atoms with van der Waals surface area (Å²) in [5.74, 6) is 1.02. The molecular weight excluding hydrogens is 345 g/mol. The van der Waals surface area contributed by atoms with Gasteiger partial charge in [0.25, 0.3) is 0 Å². The average molecular weight is 355 g/mol. The highest BCUT2D eigenvalue weighted by Crippen LogP contribution is 2.28. The summed E-state index contributed by atoms with van der Waals surface area (Å²) in [6, 6.07) is 0. The fraction of sp³-hybridized carbons (Fsp3) is 0.375. The second kappa shape index (κ2) is 6.73. The van der Waals surface area contributed by atoms with Gasteiger partial charge >= 0.3 is 0 Å². The quantitative estimate of drug-likeness (QED) is 0.426. The van der Waals surface area contributed by atoms with E-state index in [4.69, 9.17) is 24.4 Å². The number of anilines is 1. The Labute approximate surface area is 135 Å². The van der Waals surface area contributed by atoms with Crippen molar-refractivity contribution < 1.29 is 0 Å². The minimum Gasteiger partial charge on any atom is -0.286 e. The number of nitrogens with zero attached hydrogens (tertiary/aromatic N) is 3. The topological polar surface area (TPSA) is 31.4 Å². The van der Waals surface area contributed by atoms with Crippen molar-refractivity contribution >= 4 is 86.6 Å². The van der Waals surface area contributed by atoms with Gasteiger partial charge in [0, 0.05) is 23.9 Å². The lowest BCUT2D eigenvalue weighted by Gasteiger charge is -2.37. The van der Waals surface area contributed by atoms with Gasteiger partial charge in [-0.25, -0.2) is 15.0 Å². The van der Waals surface area contributed by atoms with E-state index in [0.29, 0.717) is 8.64 Å². The number of rotatable bonds is 2. The van der Waals surface area contributed by atoms with Gasteiger partial charge in [-0.1, -0.05) is 24.4 Å². The maximum atomic E-state index is 5.20. The molecular formula is C8H10N4S6. The molecule has 2 rings (SSSR count). The third kappa shape index (κ3) is 3.30. The normalized spacial score (nSPS) is 18.7. The lowest BCUT2D eigenvalue weighted by atomic mass is 10.7. The fourth-order valence-electron chi connectivity index (χ4n) is 1.45. The van der Waals surface area contributed by atoms with Crippen molar-refractivity contribution in [3.63, 3.8) is 0 Å². The predicted octanol–water partition coefficient (Wildman–Crippen LogP) is 2.22. The van der Waals surface area contributed by atoms with E-state index in [9.17, 15) is 0 Å². The van der Waals surface area contributed by atoms with Crippen LogP contribution in [-0.4, -0.2) is 36.4 Å². The maximum absolute atomic E-state index is 5.20. The first-order valence-corrected chi connectivity index (χ1v) is 8.55. The van der Waals surface area contributed by atoms with Crippen LogP contribution >= 0.6 is 72.8 Å². The monoisotopic (exact) mass is 354 g/mol. The Morgan fingerprint density at radius 1 is 1.44 bits per heavy atom. The molecule has 0 bridgehead atoms. The average Bonchev–Trinajstić information content (AvgIpc) is 2.97. The highest BCUT2D eigenvalue weighted by atomic mass is 32.2. The molecule has 0 aliphatic carbocycles. The molecule has 0 spiro atoms. The van der Waals surface area contributed by atoms with Gasteiger partial charge in [0.2, 0.25) is 5.13 Å². The molecule has 0 aromatic carbocycles. The summed E-state index contributed by atoms with van der Waals surface area (Å²) in [6.07, 6.45) is 1.72. The van der Waals surface area contributed by atoms with Gasteiger partial charge in [0.1, 0.15) is 5.50 Å². The molecule has 1 aliphatic rings. The van der Waals surface area contributed by atoms with Crippen LogP contribution < -0.4 is 10.3 Å². The Bertz CT molecular complexity index is 429. The lowest BCUT2D eigenvalue weighted by molar-refractivity contribution is 0.392. The SMILES string of the molecule is S=C(S)N(c1nccs1)N(C(=S)S)C1NCCS1. The van der Waals surface area contributed by atoms with Gasteiger partial charge in [0.15, 0.2) is 8.64 Å². The third-order valence-electron chi connectivity index (χ3n) is 2.11. The number of hydrogen-bond donors (Lipinski definition) is 3. The van der Waals surface area contributed by atoms with Crippen LogP contribution in [0.25, 0.3) is 0 Å². The number of thiol groups is 2. The van der Waals surface area contributed by atoms with Crippen molar-refractivity contribution in [1.29, 1.82) is 0 Å². The third-order valence-corrected chi connectivity index (χ3v) is 4.74. The van der Waals surface area contributed by atoms with Gasteiger partial charge in [-0.15, -0.1) is 48.4 Å². The first-order chi connectivity index (χ1) is 8.61. The standard InChI is InChI=1S/C8H10N4S6/c13-7(14)11(5-9-1-3-17-5)12(8(15)16)6-10-2-4-18-6/h1,3,6,10H,2,4H2,(H,13,14)(H,15,16). The number of nitrogens with one attached hydrogen (secondary N) is 1. The van der Waals surface area contributed by atoms with Crippen molar-refractivity contribution in [1.82, 2.24) is 15.3 Å². The summed E-state index contributed by atoms with van der Waals surface area (Å²) < 4.78 is 0.809. The second-order valence-electron chi connectivity index (χ2n) is 3.21. The number of thioether (sulfide) groups is 1. The van der Waals surface area contributed by atoms with Crippen LogP contribution in [0, 0.1) is 0 Å². The minimum absolute atomic E-state index is 0.00370. The highest BCUT2D eigenvalue weighted by Gasteiger charge is 2.31. The van der Waals surface area contributed by atoms with Crippen LogP contribution in [0.4, 0.5) is 5.13 Å². The minimum atomic E-state index is 0.00370. The Balaban J connectivity index is 2.31. The number of aromatic nitrogens is 1. The summed E-state index contributed by atoms with van der Waals surface area (Å²) in [5.41, 5.74) is 0.00370. The molecule has 1 saturated heterocycles. The molecule has 1 aromatic rings. The zero-order chi connectivity index (χ0) is 13.1. The molecule has 1 N–H and O–H groups in total. The van der Waals surface area contributed by atoms with E-state index in [-0.39, 0.29) is 5.50 Å². The molecule has 1 aromatic heterocycles. The molecule has 0 radical (unpaired) electrons. The Morgan fingerprint density at radius 3 is 2.67 bits per heavy atom. The van der Waals surface area contributed by atoms with Crippen molar-refractivity contribution in [2.75, 3.05) is 17.3 Å². The second-order valence-corrected chi connectivity index (χ2v) is 7.50. The molecule has 98 valence electrons. The van der Waals surface area contributed by atoms with Crippen molar-refractivity contribution in [2.45, 2.75) is 5.50 Å². The lowest BCUT2D eigenvalue weighted by Crippen LogP contribution is -2.54. The van der Waals surface area contributed by atoms with Crippen molar-refractivity contribution in [3.8, 4) is 0 Å². The van der Waals surface area contributed by atoms with Gasteiger partial charge in [-0.2, -0.15) is 0 Å². The molecule has 1 atom stereocenters. The van der Waals surface area contributed by atoms with Crippen LogP contribution in [0.15, 0.2) is 11.6 Å². The Morgan fingerprint density at radius 2 is 2.22 bits per heavy atom. The van der Waals surface area contributed by atoms with E-state index < -0.39 is 0 Å². The maximum Gasteiger partial charge on any atom is 0.210 e. The van der Waals surface area contributed by atoms with Crippen LogP contribution in [0.2, 0.25) is 0 Å². The number of hydrazine groups is 1. The zero-order valence-electron chi connectivity index (χ0n) is 9.02. The molecule has 0 saturated carbocycles. The molecule has 0 amide bonds. The molecule has 1 aliphatic heterocycles. The first-order valence-electron chi connectivity index (χ1n) is 4.91. The largest absolute Gasteiger partial charge is 0.286 e. The summed E-state index contributed by atoms with van der Waals surface area (Å²) in [4.78, 5) is 4.25. The Kier molecular flexibility index (Phi) is 5.54. The Hall–Kier alpha value is 0.420. The van der Waals surface area contributed by atoms with Crippen LogP contribution in [0.5, 0.6) is 0 Å².